The highest BCUT2D eigenvalue weighted by Gasteiger charge is 2.01. The van der Waals surface area contributed by atoms with Crippen LogP contribution in [0.2, 0.25) is 0 Å². The van der Waals surface area contributed by atoms with E-state index in [9.17, 15) is 4.79 Å². The highest BCUT2D eigenvalue weighted by atomic mass is 16.5. The number of nitrogens with two attached hydrogens (primary N) is 2. The van der Waals surface area contributed by atoms with E-state index in [1.165, 1.54) is 0 Å². The lowest BCUT2D eigenvalue weighted by atomic mass is 10.1. The number of carboxylic acid groups (broad SMARTS) is 1. The number of aliphatic carboxylic acids is 1. The Bertz CT molecular complexity index is 679. The van der Waals surface area contributed by atoms with Gasteiger partial charge in [-0.3, -0.25) is 0 Å². The van der Waals surface area contributed by atoms with Crippen molar-refractivity contribution in [3.05, 3.63) is 59.7 Å². The van der Waals surface area contributed by atoms with Crippen LogP contribution in [-0.2, 0) is 11.2 Å². The van der Waals surface area contributed by atoms with E-state index < -0.39 is 5.97 Å². The third-order valence-corrected chi connectivity index (χ3v) is 3.08. The highest BCUT2D eigenvalue weighted by Crippen LogP contribution is 2.23. The molecule has 2 aromatic carbocycles. The van der Waals surface area contributed by atoms with E-state index in [1.807, 2.05) is 24.3 Å². The fraction of sp³-hybridized carbons (Fsp3) is 0.118. The predicted octanol–water partition coefficient (Wildman–Crippen LogP) is 2.57. The molecule has 0 spiro atoms. The fourth-order valence-electron chi connectivity index (χ4n) is 1.94. The first-order valence-corrected chi connectivity index (χ1v) is 6.82. The molecule has 0 aliphatic heterocycles. The fourth-order valence-corrected chi connectivity index (χ4v) is 1.94. The van der Waals surface area contributed by atoms with E-state index in [-0.39, 0.29) is 0 Å². The number of ether oxygens (including phenoxy) is 1. The standard InChI is InChI=1S/C17H18N2O3/c18-14-6-7-16(15(19)11-14)22-10-9-13-3-1-12(2-4-13)5-8-17(20)21/h1-8,11H,9-10,18-19H2,(H,20,21). The number of nitrogen functional groups attached to an aromatic ring is 2. The van der Waals surface area contributed by atoms with Crippen molar-refractivity contribution in [1.82, 2.24) is 0 Å². The molecule has 0 unspecified atom stereocenters. The second-order valence-corrected chi connectivity index (χ2v) is 4.81. The van der Waals surface area contributed by atoms with Crippen LogP contribution in [-0.4, -0.2) is 17.7 Å². The van der Waals surface area contributed by atoms with Crippen LogP contribution >= 0.6 is 0 Å². The van der Waals surface area contributed by atoms with E-state index in [0.717, 1.165) is 23.6 Å². The number of hydrogen-bond donors (Lipinski definition) is 3. The van der Waals surface area contributed by atoms with Gasteiger partial charge in [0, 0.05) is 18.2 Å². The summed E-state index contributed by atoms with van der Waals surface area (Å²) in [7, 11) is 0. The molecule has 0 aliphatic carbocycles. The molecule has 0 heterocycles. The maximum absolute atomic E-state index is 10.4. The lowest BCUT2D eigenvalue weighted by Gasteiger charge is -2.09. The topological polar surface area (TPSA) is 98.6 Å². The second kappa shape index (κ2) is 7.17. The van der Waals surface area contributed by atoms with Crippen molar-refractivity contribution in [1.29, 1.82) is 0 Å². The zero-order chi connectivity index (χ0) is 15.9. The van der Waals surface area contributed by atoms with Gasteiger partial charge in [-0.1, -0.05) is 24.3 Å². The summed E-state index contributed by atoms with van der Waals surface area (Å²) in [4.78, 5) is 10.4. The van der Waals surface area contributed by atoms with Gasteiger partial charge < -0.3 is 21.3 Å². The minimum atomic E-state index is -0.960. The summed E-state index contributed by atoms with van der Waals surface area (Å²) in [5, 5.41) is 8.57. The van der Waals surface area contributed by atoms with Gasteiger partial charge in [-0.05, 0) is 35.4 Å². The van der Waals surface area contributed by atoms with Crippen molar-refractivity contribution in [2.45, 2.75) is 6.42 Å². The van der Waals surface area contributed by atoms with Crippen molar-refractivity contribution in [3.63, 3.8) is 0 Å². The molecule has 0 bridgehead atoms. The molecule has 2 aromatic rings. The monoisotopic (exact) mass is 298 g/mol. The SMILES string of the molecule is Nc1ccc(OCCc2ccc(C=CC(=O)O)cc2)c(N)c1. The molecule has 22 heavy (non-hydrogen) atoms. The summed E-state index contributed by atoms with van der Waals surface area (Å²) >= 11 is 0. The lowest BCUT2D eigenvalue weighted by molar-refractivity contribution is -0.131. The number of benzene rings is 2. The van der Waals surface area contributed by atoms with Crippen LogP contribution in [0, 0.1) is 0 Å². The Hall–Kier alpha value is -2.95. The van der Waals surface area contributed by atoms with Crippen LogP contribution in [0.1, 0.15) is 11.1 Å². The Labute approximate surface area is 128 Å². The van der Waals surface area contributed by atoms with Crippen LogP contribution in [0.25, 0.3) is 6.08 Å². The molecule has 5 N–H and O–H groups in total. The number of rotatable bonds is 6. The van der Waals surface area contributed by atoms with Crippen molar-refractivity contribution in [2.24, 2.45) is 0 Å². The first-order valence-electron chi connectivity index (χ1n) is 6.82. The number of hydrogen-bond acceptors (Lipinski definition) is 4. The molecule has 0 saturated heterocycles. The second-order valence-electron chi connectivity index (χ2n) is 4.81. The molecule has 0 aromatic heterocycles. The smallest absolute Gasteiger partial charge is 0.328 e. The Morgan fingerprint density at radius 2 is 1.86 bits per heavy atom. The predicted molar refractivity (Wildman–Crippen MR) is 87.6 cm³/mol. The molecular weight excluding hydrogens is 280 g/mol. The van der Waals surface area contributed by atoms with Gasteiger partial charge in [-0.2, -0.15) is 0 Å². The third kappa shape index (κ3) is 4.56. The Balaban J connectivity index is 1.88. The van der Waals surface area contributed by atoms with Gasteiger partial charge in [-0.15, -0.1) is 0 Å². The van der Waals surface area contributed by atoms with Gasteiger partial charge in [0.2, 0.25) is 0 Å². The molecule has 0 atom stereocenters. The van der Waals surface area contributed by atoms with Gasteiger partial charge in [0.15, 0.2) is 0 Å². The summed E-state index contributed by atoms with van der Waals surface area (Å²) in [6.07, 6.45) is 3.40. The van der Waals surface area contributed by atoms with Crippen LogP contribution in [0.4, 0.5) is 11.4 Å². The molecule has 0 aliphatic rings. The van der Waals surface area contributed by atoms with E-state index >= 15 is 0 Å². The molecule has 0 saturated carbocycles. The first kappa shape index (κ1) is 15.4. The Morgan fingerprint density at radius 3 is 2.50 bits per heavy atom. The maximum Gasteiger partial charge on any atom is 0.328 e. The zero-order valence-electron chi connectivity index (χ0n) is 12.0. The van der Waals surface area contributed by atoms with Crippen molar-refractivity contribution >= 4 is 23.4 Å². The molecule has 2 rings (SSSR count). The minimum absolute atomic E-state index is 0.498. The molecule has 0 fully saturated rings. The van der Waals surface area contributed by atoms with Crippen molar-refractivity contribution in [3.8, 4) is 5.75 Å². The van der Waals surface area contributed by atoms with E-state index in [4.69, 9.17) is 21.3 Å². The molecular formula is C17H18N2O3. The number of carboxylic acids is 1. The number of anilines is 2. The summed E-state index contributed by atoms with van der Waals surface area (Å²) in [6.45, 7) is 0.498. The zero-order valence-corrected chi connectivity index (χ0v) is 12.0. The largest absolute Gasteiger partial charge is 0.491 e. The summed E-state index contributed by atoms with van der Waals surface area (Å²) in [6, 6.07) is 12.8. The quantitative estimate of drug-likeness (QED) is 0.562. The third-order valence-electron chi connectivity index (χ3n) is 3.08. The Kier molecular flexibility index (Phi) is 5.03. The first-order chi connectivity index (χ1) is 10.5. The average Bonchev–Trinajstić information content (AvgIpc) is 2.48. The van der Waals surface area contributed by atoms with Gasteiger partial charge >= 0.3 is 5.97 Å². The number of carbonyl (C=O) groups is 1. The maximum atomic E-state index is 10.4. The van der Waals surface area contributed by atoms with Gasteiger partial charge in [0.1, 0.15) is 5.75 Å². The van der Waals surface area contributed by atoms with E-state index in [1.54, 1.807) is 24.3 Å². The van der Waals surface area contributed by atoms with Crippen molar-refractivity contribution in [2.75, 3.05) is 18.1 Å². The average molecular weight is 298 g/mol. The molecule has 0 radical (unpaired) electrons. The van der Waals surface area contributed by atoms with Crippen molar-refractivity contribution < 1.29 is 14.6 Å². The van der Waals surface area contributed by atoms with Gasteiger partial charge in [-0.25, -0.2) is 4.79 Å². The van der Waals surface area contributed by atoms with Crippen LogP contribution in [0.15, 0.2) is 48.5 Å². The lowest BCUT2D eigenvalue weighted by Crippen LogP contribution is -2.03. The normalized spacial score (nSPS) is 10.7. The minimum Gasteiger partial charge on any atom is -0.491 e. The van der Waals surface area contributed by atoms with Crippen LogP contribution < -0.4 is 16.2 Å². The Morgan fingerprint density at radius 1 is 1.14 bits per heavy atom. The van der Waals surface area contributed by atoms with E-state index in [2.05, 4.69) is 0 Å². The van der Waals surface area contributed by atoms with Crippen LogP contribution in [0.5, 0.6) is 5.75 Å². The van der Waals surface area contributed by atoms with Gasteiger partial charge in [0.05, 0.1) is 12.3 Å². The van der Waals surface area contributed by atoms with Gasteiger partial charge in [0.25, 0.3) is 0 Å². The molecule has 5 heteroatoms. The van der Waals surface area contributed by atoms with E-state index in [0.29, 0.717) is 23.7 Å². The van der Waals surface area contributed by atoms with Crippen LogP contribution in [0.3, 0.4) is 0 Å². The summed E-state index contributed by atoms with van der Waals surface area (Å²) in [5.74, 6) is -0.339. The summed E-state index contributed by atoms with van der Waals surface area (Å²) < 4.78 is 5.63. The molecule has 114 valence electrons. The molecule has 0 amide bonds. The molecule has 5 nitrogen and oxygen atoms in total. The summed E-state index contributed by atoms with van der Waals surface area (Å²) in [5.41, 5.74) is 14.5. The highest BCUT2D eigenvalue weighted by molar-refractivity contribution is 5.85.